The van der Waals surface area contributed by atoms with Crippen molar-refractivity contribution >= 4 is 23.3 Å². The van der Waals surface area contributed by atoms with Crippen LogP contribution in [-0.4, -0.2) is 48.7 Å². The molecule has 5 heteroatoms. The van der Waals surface area contributed by atoms with E-state index in [2.05, 4.69) is 9.80 Å². The lowest BCUT2D eigenvalue weighted by Gasteiger charge is -2.36. The first kappa shape index (κ1) is 14.9. The maximum atomic E-state index is 10.7. The van der Waals surface area contributed by atoms with Crippen LogP contribution in [0.1, 0.15) is 6.92 Å². The van der Waals surface area contributed by atoms with E-state index in [1.54, 1.807) is 13.0 Å². The monoisotopic (exact) mass is 294 g/mol. The lowest BCUT2D eigenvalue weighted by atomic mass is 10.2. The van der Waals surface area contributed by atoms with Crippen LogP contribution in [0.15, 0.2) is 35.9 Å². The number of carbonyl (C=O) groups is 1. The molecule has 4 nitrogen and oxygen atoms in total. The van der Waals surface area contributed by atoms with Crippen molar-refractivity contribution < 1.29 is 9.90 Å². The van der Waals surface area contributed by atoms with Crippen LogP contribution in [0, 0.1) is 0 Å². The summed E-state index contributed by atoms with van der Waals surface area (Å²) in [6, 6.07) is 7.86. The van der Waals surface area contributed by atoms with Crippen LogP contribution in [0.3, 0.4) is 0 Å². The van der Waals surface area contributed by atoms with Crippen LogP contribution >= 0.6 is 11.6 Å². The molecule has 1 N–H and O–H groups in total. The Labute approximate surface area is 124 Å². The molecule has 1 aromatic carbocycles. The van der Waals surface area contributed by atoms with Gasteiger partial charge < -0.3 is 10.0 Å². The third kappa shape index (κ3) is 3.74. The predicted molar refractivity (Wildman–Crippen MR) is 81.5 cm³/mol. The van der Waals surface area contributed by atoms with Gasteiger partial charge in [0.1, 0.15) is 0 Å². The molecule has 0 aliphatic carbocycles. The molecule has 2 rings (SSSR count). The summed E-state index contributed by atoms with van der Waals surface area (Å²) in [5.74, 6) is -0.847. The minimum Gasteiger partial charge on any atom is -0.478 e. The first-order valence-electron chi connectivity index (χ1n) is 6.70. The summed E-state index contributed by atoms with van der Waals surface area (Å²) in [6.07, 6.45) is 1.77. The molecule has 1 heterocycles. The van der Waals surface area contributed by atoms with Crippen molar-refractivity contribution in [2.75, 3.05) is 37.6 Å². The number of aliphatic carboxylic acids is 1. The van der Waals surface area contributed by atoms with E-state index in [1.165, 1.54) is 0 Å². The number of hydrogen-bond acceptors (Lipinski definition) is 3. The summed E-state index contributed by atoms with van der Waals surface area (Å²) in [4.78, 5) is 15.3. The van der Waals surface area contributed by atoms with Crippen LogP contribution in [-0.2, 0) is 4.79 Å². The number of nitrogens with zero attached hydrogens (tertiary/aromatic N) is 2. The molecule has 0 unspecified atom stereocenters. The minimum absolute atomic E-state index is 0.401. The SMILES string of the molecule is CC(=CCN1CCN(c2ccccc2Cl)CC1)C(=O)O. The van der Waals surface area contributed by atoms with Crippen molar-refractivity contribution in [3.63, 3.8) is 0 Å². The number of carboxylic acids is 1. The van der Waals surface area contributed by atoms with Crippen molar-refractivity contribution in [3.8, 4) is 0 Å². The molecular formula is C15H19ClN2O2. The maximum absolute atomic E-state index is 10.7. The zero-order valence-corrected chi connectivity index (χ0v) is 12.3. The third-order valence-corrected chi connectivity index (χ3v) is 3.88. The van der Waals surface area contributed by atoms with E-state index < -0.39 is 5.97 Å². The second-order valence-electron chi connectivity index (χ2n) is 4.93. The fraction of sp³-hybridized carbons (Fsp3) is 0.400. The quantitative estimate of drug-likeness (QED) is 0.867. The number of hydrogen-bond donors (Lipinski definition) is 1. The van der Waals surface area contributed by atoms with Gasteiger partial charge in [0, 0.05) is 38.3 Å². The first-order chi connectivity index (χ1) is 9.58. The largest absolute Gasteiger partial charge is 0.478 e. The van der Waals surface area contributed by atoms with E-state index in [-0.39, 0.29) is 0 Å². The van der Waals surface area contributed by atoms with Gasteiger partial charge in [-0.15, -0.1) is 0 Å². The second kappa shape index (κ2) is 6.77. The first-order valence-corrected chi connectivity index (χ1v) is 7.07. The molecule has 0 amide bonds. The Morgan fingerprint density at radius 3 is 2.55 bits per heavy atom. The summed E-state index contributed by atoms with van der Waals surface area (Å²) in [5.41, 5.74) is 1.48. The summed E-state index contributed by atoms with van der Waals surface area (Å²) < 4.78 is 0. The van der Waals surface area contributed by atoms with E-state index in [4.69, 9.17) is 16.7 Å². The smallest absolute Gasteiger partial charge is 0.330 e. The number of benzene rings is 1. The minimum atomic E-state index is -0.847. The van der Waals surface area contributed by atoms with Crippen LogP contribution in [0.2, 0.25) is 5.02 Å². The molecule has 0 atom stereocenters. The van der Waals surface area contributed by atoms with E-state index in [0.29, 0.717) is 12.1 Å². The van der Waals surface area contributed by atoms with Crippen molar-refractivity contribution in [1.82, 2.24) is 4.90 Å². The van der Waals surface area contributed by atoms with E-state index >= 15 is 0 Å². The summed E-state index contributed by atoms with van der Waals surface area (Å²) in [5, 5.41) is 9.60. The average molecular weight is 295 g/mol. The standard InChI is InChI=1S/C15H19ClN2O2/c1-12(15(19)20)6-7-17-8-10-18(11-9-17)14-5-3-2-4-13(14)16/h2-6H,7-11H2,1H3,(H,19,20). The maximum Gasteiger partial charge on any atom is 0.330 e. The van der Waals surface area contributed by atoms with Gasteiger partial charge in [0.15, 0.2) is 0 Å². The van der Waals surface area contributed by atoms with Gasteiger partial charge in [0.2, 0.25) is 0 Å². The fourth-order valence-electron chi connectivity index (χ4n) is 2.23. The third-order valence-electron chi connectivity index (χ3n) is 3.56. The molecule has 0 bridgehead atoms. The predicted octanol–water partition coefficient (Wildman–Crippen LogP) is 2.49. The number of para-hydroxylation sites is 1. The number of piperazine rings is 1. The van der Waals surface area contributed by atoms with E-state index in [0.717, 1.165) is 36.9 Å². The van der Waals surface area contributed by atoms with Gasteiger partial charge in [0.05, 0.1) is 10.7 Å². The van der Waals surface area contributed by atoms with Crippen molar-refractivity contribution in [2.45, 2.75) is 6.92 Å². The van der Waals surface area contributed by atoms with E-state index in [1.807, 2.05) is 24.3 Å². The Hall–Kier alpha value is -1.52. The molecule has 1 aromatic rings. The van der Waals surface area contributed by atoms with Gasteiger partial charge >= 0.3 is 5.97 Å². The zero-order chi connectivity index (χ0) is 14.5. The Kier molecular flexibility index (Phi) is 5.04. The highest BCUT2D eigenvalue weighted by Crippen LogP contribution is 2.25. The van der Waals surface area contributed by atoms with Gasteiger partial charge in [-0.2, -0.15) is 0 Å². The second-order valence-corrected chi connectivity index (χ2v) is 5.34. The molecule has 0 radical (unpaired) electrons. The molecule has 0 aromatic heterocycles. The van der Waals surface area contributed by atoms with Crippen LogP contribution in [0.5, 0.6) is 0 Å². The summed E-state index contributed by atoms with van der Waals surface area (Å²) in [6.45, 7) is 5.95. The number of carboxylic acid groups (broad SMARTS) is 1. The molecule has 1 saturated heterocycles. The van der Waals surface area contributed by atoms with Crippen LogP contribution in [0.25, 0.3) is 0 Å². The van der Waals surface area contributed by atoms with Crippen molar-refractivity contribution in [2.24, 2.45) is 0 Å². The van der Waals surface area contributed by atoms with E-state index in [9.17, 15) is 4.79 Å². The molecule has 1 aliphatic rings. The van der Waals surface area contributed by atoms with Gasteiger partial charge in [-0.25, -0.2) is 4.79 Å². The molecular weight excluding hydrogens is 276 g/mol. The Bertz CT molecular complexity index is 508. The fourth-order valence-corrected chi connectivity index (χ4v) is 2.49. The molecule has 1 fully saturated rings. The lowest BCUT2D eigenvalue weighted by molar-refractivity contribution is -0.132. The molecule has 0 spiro atoms. The van der Waals surface area contributed by atoms with Gasteiger partial charge in [0.25, 0.3) is 0 Å². The molecule has 20 heavy (non-hydrogen) atoms. The summed E-state index contributed by atoms with van der Waals surface area (Å²) in [7, 11) is 0. The average Bonchev–Trinajstić information content (AvgIpc) is 2.46. The van der Waals surface area contributed by atoms with Gasteiger partial charge in [-0.3, -0.25) is 4.90 Å². The van der Waals surface area contributed by atoms with Crippen molar-refractivity contribution in [3.05, 3.63) is 40.9 Å². The molecule has 108 valence electrons. The number of halogens is 1. The zero-order valence-electron chi connectivity index (χ0n) is 11.6. The Balaban J connectivity index is 1.88. The van der Waals surface area contributed by atoms with Crippen LogP contribution < -0.4 is 4.90 Å². The Morgan fingerprint density at radius 1 is 1.30 bits per heavy atom. The highest BCUT2D eigenvalue weighted by atomic mass is 35.5. The van der Waals surface area contributed by atoms with Crippen molar-refractivity contribution in [1.29, 1.82) is 0 Å². The number of rotatable bonds is 4. The van der Waals surface area contributed by atoms with Gasteiger partial charge in [-0.05, 0) is 19.1 Å². The normalized spacial score (nSPS) is 17.3. The lowest BCUT2D eigenvalue weighted by Crippen LogP contribution is -2.46. The van der Waals surface area contributed by atoms with Crippen LogP contribution in [0.4, 0.5) is 5.69 Å². The highest BCUT2D eigenvalue weighted by Gasteiger charge is 2.18. The number of anilines is 1. The molecule has 1 aliphatic heterocycles. The highest BCUT2D eigenvalue weighted by molar-refractivity contribution is 6.33. The van der Waals surface area contributed by atoms with Gasteiger partial charge in [-0.1, -0.05) is 29.8 Å². The topological polar surface area (TPSA) is 43.8 Å². The Morgan fingerprint density at radius 2 is 1.95 bits per heavy atom. The molecule has 0 saturated carbocycles. The summed E-state index contributed by atoms with van der Waals surface area (Å²) >= 11 is 6.20.